The van der Waals surface area contributed by atoms with Crippen LogP contribution in [0, 0.1) is 0 Å². The molecule has 0 aromatic heterocycles. The molecule has 0 bridgehead atoms. The highest BCUT2D eigenvalue weighted by molar-refractivity contribution is 9.10. The zero-order valence-corrected chi connectivity index (χ0v) is 11.2. The molecular weight excluding hydrogens is 284 g/mol. The highest BCUT2D eigenvalue weighted by atomic mass is 79.9. The Bertz CT molecular complexity index is 444. The highest BCUT2D eigenvalue weighted by Gasteiger charge is 2.47. The summed E-state index contributed by atoms with van der Waals surface area (Å²) >= 11 is 3.42. The number of carbonyl (C=O) groups excluding carboxylic acids is 1. The van der Waals surface area contributed by atoms with E-state index in [2.05, 4.69) is 21.4 Å². The monoisotopic (exact) mass is 298 g/mol. The summed E-state index contributed by atoms with van der Waals surface area (Å²) in [5.74, 6) is 5.88. The first-order valence-corrected chi connectivity index (χ1v) is 6.28. The Labute approximate surface area is 109 Å². The van der Waals surface area contributed by atoms with E-state index in [9.17, 15) is 4.79 Å². The van der Waals surface area contributed by atoms with Gasteiger partial charge in [0.15, 0.2) is 0 Å². The Hall–Kier alpha value is -1.07. The van der Waals surface area contributed by atoms with Crippen LogP contribution in [0.5, 0.6) is 5.75 Å². The molecule has 5 heteroatoms. The topological polar surface area (TPSA) is 64.3 Å². The van der Waals surface area contributed by atoms with E-state index in [4.69, 9.17) is 10.6 Å². The number of benzene rings is 1. The molecule has 0 spiro atoms. The van der Waals surface area contributed by atoms with Crippen molar-refractivity contribution in [2.45, 2.75) is 24.7 Å². The van der Waals surface area contributed by atoms with Crippen molar-refractivity contribution in [1.82, 2.24) is 5.43 Å². The fourth-order valence-electron chi connectivity index (χ4n) is 2.34. The average molecular weight is 299 g/mol. The van der Waals surface area contributed by atoms with Gasteiger partial charge in [0, 0.05) is 10.0 Å². The van der Waals surface area contributed by atoms with Gasteiger partial charge in [-0.15, -0.1) is 0 Å². The van der Waals surface area contributed by atoms with Gasteiger partial charge in [0.25, 0.3) is 0 Å². The Balaban J connectivity index is 2.50. The Morgan fingerprint density at radius 3 is 2.71 bits per heavy atom. The van der Waals surface area contributed by atoms with Crippen molar-refractivity contribution in [1.29, 1.82) is 0 Å². The van der Waals surface area contributed by atoms with Gasteiger partial charge in [0.05, 0.1) is 12.5 Å². The van der Waals surface area contributed by atoms with Crippen molar-refractivity contribution < 1.29 is 9.53 Å². The lowest BCUT2D eigenvalue weighted by Gasteiger charge is -2.40. The van der Waals surface area contributed by atoms with Crippen LogP contribution in [0.2, 0.25) is 0 Å². The molecular formula is C12H15BrN2O2. The third-order valence-electron chi connectivity index (χ3n) is 3.45. The summed E-state index contributed by atoms with van der Waals surface area (Å²) in [6, 6.07) is 5.70. The molecule has 1 aromatic carbocycles. The van der Waals surface area contributed by atoms with Gasteiger partial charge in [0.1, 0.15) is 5.75 Å². The van der Waals surface area contributed by atoms with Crippen molar-refractivity contribution in [3.8, 4) is 5.75 Å². The molecule has 1 fully saturated rings. The minimum Gasteiger partial charge on any atom is -0.496 e. The summed E-state index contributed by atoms with van der Waals surface area (Å²) < 4.78 is 6.27. The molecule has 1 aliphatic rings. The number of hydrogen-bond acceptors (Lipinski definition) is 3. The SMILES string of the molecule is COc1ccc(Br)cc1C1(C(=O)NN)CCC1. The zero-order chi connectivity index (χ0) is 12.5. The van der Waals surface area contributed by atoms with Gasteiger partial charge in [-0.1, -0.05) is 22.4 Å². The number of hydrazine groups is 1. The quantitative estimate of drug-likeness (QED) is 0.509. The summed E-state index contributed by atoms with van der Waals surface area (Å²) in [6.07, 6.45) is 2.65. The lowest BCUT2D eigenvalue weighted by atomic mass is 9.63. The summed E-state index contributed by atoms with van der Waals surface area (Å²) in [5, 5.41) is 0. The lowest BCUT2D eigenvalue weighted by molar-refractivity contribution is -0.130. The Kier molecular flexibility index (Phi) is 3.40. The van der Waals surface area contributed by atoms with Crippen molar-refractivity contribution in [2.24, 2.45) is 5.84 Å². The van der Waals surface area contributed by atoms with Crippen LogP contribution >= 0.6 is 15.9 Å². The van der Waals surface area contributed by atoms with Crippen molar-refractivity contribution >= 4 is 21.8 Å². The third kappa shape index (κ3) is 1.93. The number of carbonyl (C=O) groups is 1. The smallest absolute Gasteiger partial charge is 0.244 e. The molecule has 2 rings (SSSR count). The molecule has 0 aliphatic heterocycles. The van der Waals surface area contributed by atoms with Crippen LogP contribution < -0.4 is 16.0 Å². The normalized spacial score (nSPS) is 17.1. The van der Waals surface area contributed by atoms with Crippen LogP contribution in [0.1, 0.15) is 24.8 Å². The van der Waals surface area contributed by atoms with Gasteiger partial charge in [-0.2, -0.15) is 0 Å². The number of nitrogens with two attached hydrogens (primary N) is 1. The van der Waals surface area contributed by atoms with Gasteiger partial charge in [-0.3, -0.25) is 10.2 Å². The second-order valence-electron chi connectivity index (χ2n) is 4.25. The second-order valence-corrected chi connectivity index (χ2v) is 5.17. The van der Waals surface area contributed by atoms with Crippen LogP contribution in [0.3, 0.4) is 0 Å². The molecule has 0 atom stereocenters. The maximum Gasteiger partial charge on any atom is 0.244 e. The third-order valence-corrected chi connectivity index (χ3v) is 3.94. The molecule has 1 saturated carbocycles. The van der Waals surface area contributed by atoms with E-state index in [0.29, 0.717) is 0 Å². The van der Waals surface area contributed by atoms with Crippen LogP contribution in [-0.2, 0) is 10.2 Å². The first-order chi connectivity index (χ1) is 8.14. The van der Waals surface area contributed by atoms with Gasteiger partial charge in [-0.25, -0.2) is 5.84 Å². The first kappa shape index (κ1) is 12.4. The number of rotatable bonds is 3. The molecule has 0 unspecified atom stereocenters. The second kappa shape index (κ2) is 4.66. The van der Waals surface area contributed by atoms with E-state index in [1.165, 1.54) is 0 Å². The molecule has 92 valence electrons. The van der Waals surface area contributed by atoms with Gasteiger partial charge < -0.3 is 4.74 Å². The molecule has 1 aliphatic carbocycles. The van der Waals surface area contributed by atoms with Gasteiger partial charge in [0.2, 0.25) is 5.91 Å². The van der Waals surface area contributed by atoms with E-state index in [1.807, 2.05) is 18.2 Å². The summed E-state index contributed by atoms with van der Waals surface area (Å²) in [7, 11) is 1.61. The molecule has 17 heavy (non-hydrogen) atoms. The van der Waals surface area contributed by atoms with E-state index >= 15 is 0 Å². The van der Waals surface area contributed by atoms with Crippen LogP contribution in [0.25, 0.3) is 0 Å². The van der Waals surface area contributed by atoms with Gasteiger partial charge in [-0.05, 0) is 31.0 Å². The fraction of sp³-hybridized carbons (Fsp3) is 0.417. The molecule has 4 nitrogen and oxygen atoms in total. The van der Waals surface area contributed by atoms with Crippen molar-refractivity contribution in [3.63, 3.8) is 0 Å². The summed E-state index contributed by atoms with van der Waals surface area (Å²) in [5.41, 5.74) is 2.65. The minimum absolute atomic E-state index is 0.139. The van der Waals surface area contributed by atoms with E-state index < -0.39 is 5.41 Å². The lowest BCUT2D eigenvalue weighted by Crippen LogP contribution is -2.51. The minimum atomic E-state index is -0.524. The van der Waals surface area contributed by atoms with E-state index in [1.54, 1.807) is 7.11 Å². The van der Waals surface area contributed by atoms with Crippen LogP contribution in [0.15, 0.2) is 22.7 Å². The summed E-state index contributed by atoms with van der Waals surface area (Å²) in [4.78, 5) is 12.0. The molecule has 3 N–H and O–H groups in total. The number of methoxy groups -OCH3 is 1. The van der Waals surface area contributed by atoms with E-state index in [-0.39, 0.29) is 5.91 Å². The van der Waals surface area contributed by atoms with Crippen LogP contribution in [0.4, 0.5) is 0 Å². The predicted molar refractivity (Wildman–Crippen MR) is 68.6 cm³/mol. The Morgan fingerprint density at radius 1 is 1.53 bits per heavy atom. The maximum atomic E-state index is 12.0. The van der Waals surface area contributed by atoms with Crippen molar-refractivity contribution in [2.75, 3.05) is 7.11 Å². The van der Waals surface area contributed by atoms with E-state index in [0.717, 1.165) is 35.0 Å². The summed E-state index contributed by atoms with van der Waals surface area (Å²) in [6.45, 7) is 0. The largest absolute Gasteiger partial charge is 0.496 e. The number of amides is 1. The molecule has 1 amide bonds. The molecule has 0 heterocycles. The van der Waals surface area contributed by atoms with Crippen LogP contribution in [-0.4, -0.2) is 13.0 Å². The zero-order valence-electron chi connectivity index (χ0n) is 9.63. The average Bonchev–Trinajstić information content (AvgIpc) is 2.27. The molecule has 1 aromatic rings. The number of ether oxygens (including phenoxy) is 1. The number of hydrogen-bond donors (Lipinski definition) is 2. The number of halogens is 1. The highest BCUT2D eigenvalue weighted by Crippen LogP contribution is 2.47. The maximum absolute atomic E-state index is 12.0. The number of nitrogens with one attached hydrogen (secondary N) is 1. The van der Waals surface area contributed by atoms with Gasteiger partial charge >= 0.3 is 0 Å². The molecule has 0 saturated heterocycles. The first-order valence-electron chi connectivity index (χ1n) is 5.49. The molecule has 0 radical (unpaired) electrons. The fourth-order valence-corrected chi connectivity index (χ4v) is 2.70. The predicted octanol–water partition coefficient (Wildman–Crippen LogP) is 1.87. The van der Waals surface area contributed by atoms with Crippen molar-refractivity contribution in [3.05, 3.63) is 28.2 Å². The standard InChI is InChI=1S/C12H15BrN2O2/c1-17-10-4-3-8(13)7-9(10)12(5-2-6-12)11(16)15-14/h3-4,7H,2,5-6,14H2,1H3,(H,15,16). The Morgan fingerprint density at radius 2 is 2.24 bits per heavy atom.